The summed E-state index contributed by atoms with van der Waals surface area (Å²) in [7, 11) is 0. The summed E-state index contributed by atoms with van der Waals surface area (Å²) < 4.78 is 0.272. The molecule has 0 amide bonds. The van der Waals surface area contributed by atoms with Gasteiger partial charge in [0, 0.05) is 35.7 Å². The standard InChI is InChI=1S/C5H8INO/c1-5(4(6)8)2-7-3-5/h7H,2-3H2,1H3. The van der Waals surface area contributed by atoms with E-state index in [0.717, 1.165) is 13.1 Å². The Hall–Kier alpha value is 0.360. The summed E-state index contributed by atoms with van der Waals surface area (Å²) in [5.41, 5.74) is -0.0411. The Morgan fingerprint density at radius 3 is 2.25 bits per heavy atom. The van der Waals surface area contributed by atoms with Crippen LogP contribution < -0.4 is 5.32 Å². The molecule has 0 radical (unpaired) electrons. The maximum atomic E-state index is 10.7. The van der Waals surface area contributed by atoms with Gasteiger partial charge in [-0.15, -0.1) is 0 Å². The summed E-state index contributed by atoms with van der Waals surface area (Å²) in [5, 5.41) is 3.06. The zero-order valence-corrected chi connectivity index (χ0v) is 6.86. The molecule has 1 fully saturated rings. The van der Waals surface area contributed by atoms with Crippen molar-refractivity contribution in [2.45, 2.75) is 6.92 Å². The molecule has 8 heavy (non-hydrogen) atoms. The SMILES string of the molecule is CC1(C(=O)I)CNC1. The van der Waals surface area contributed by atoms with Crippen LogP contribution in [0.2, 0.25) is 0 Å². The molecule has 0 aromatic heterocycles. The highest BCUT2D eigenvalue weighted by Gasteiger charge is 2.37. The second-order valence-corrected chi connectivity index (χ2v) is 3.42. The van der Waals surface area contributed by atoms with E-state index >= 15 is 0 Å². The molecule has 1 N–H and O–H groups in total. The first-order valence-electron chi connectivity index (χ1n) is 2.56. The summed E-state index contributed by atoms with van der Waals surface area (Å²) in [6.07, 6.45) is 0. The van der Waals surface area contributed by atoms with E-state index in [1.54, 1.807) is 0 Å². The average Bonchev–Trinajstić information content (AvgIpc) is 1.60. The molecule has 3 heteroatoms. The maximum absolute atomic E-state index is 10.7. The first-order chi connectivity index (χ1) is 3.65. The van der Waals surface area contributed by atoms with Gasteiger partial charge in [0.1, 0.15) is 0 Å². The van der Waals surface area contributed by atoms with Gasteiger partial charge in [0.15, 0.2) is 0 Å². The van der Waals surface area contributed by atoms with Gasteiger partial charge in [-0.05, 0) is 6.92 Å². The van der Waals surface area contributed by atoms with E-state index in [1.165, 1.54) is 0 Å². The van der Waals surface area contributed by atoms with Gasteiger partial charge in [-0.1, -0.05) is 0 Å². The number of rotatable bonds is 1. The molecule has 2 nitrogen and oxygen atoms in total. The third kappa shape index (κ3) is 0.886. The zero-order valence-electron chi connectivity index (χ0n) is 4.70. The van der Waals surface area contributed by atoms with Crippen LogP contribution >= 0.6 is 22.6 Å². The predicted molar refractivity (Wildman–Crippen MR) is 40.0 cm³/mol. The molecular weight excluding hydrogens is 217 g/mol. The van der Waals surface area contributed by atoms with E-state index in [4.69, 9.17) is 0 Å². The zero-order chi connectivity index (χ0) is 6.20. The van der Waals surface area contributed by atoms with Crippen LogP contribution in [0.3, 0.4) is 0 Å². The van der Waals surface area contributed by atoms with Crippen molar-refractivity contribution in [2.75, 3.05) is 13.1 Å². The summed E-state index contributed by atoms with van der Waals surface area (Å²) in [6, 6.07) is 0. The number of carbonyl (C=O) groups excluding carboxylic acids is 1. The number of halogens is 1. The molecular formula is C5H8INO. The molecule has 1 rings (SSSR count). The van der Waals surface area contributed by atoms with E-state index in [0.29, 0.717) is 0 Å². The van der Waals surface area contributed by atoms with Gasteiger partial charge in [0.05, 0.1) is 5.41 Å². The lowest BCUT2D eigenvalue weighted by atomic mass is 9.86. The van der Waals surface area contributed by atoms with Gasteiger partial charge >= 0.3 is 0 Å². The van der Waals surface area contributed by atoms with Gasteiger partial charge in [-0.25, -0.2) is 0 Å². The monoisotopic (exact) mass is 225 g/mol. The average molecular weight is 225 g/mol. The molecule has 1 saturated heterocycles. The molecule has 0 aliphatic carbocycles. The molecule has 0 spiro atoms. The minimum atomic E-state index is -0.0411. The fraction of sp³-hybridized carbons (Fsp3) is 0.800. The van der Waals surface area contributed by atoms with Crippen molar-refractivity contribution in [3.8, 4) is 0 Å². The third-order valence-corrected chi connectivity index (χ3v) is 2.81. The van der Waals surface area contributed by atoms with E-state index in [1.807, 2.05) is 29.5 Å². The van der Waals surface area contributed by atoms with Crippen molar-refractivity contribution in [2.24, 2.45) is 5.41 Å². The van der Waals surface area contributed by atoms with Crippen molar-refractivity contribution < 1.29 is 4.79 Å². The second kappa shape index (κ2) is 1.95. The van der Waals surface area contributed by atoms with Crippen LogP contribution in [0.1, 0.15) is 6.92 Å². The Bertz CT molecular complexity index is 120. The molecule has 0 saturated carbocycles. The topological polar surface area (TPSA) is 29.1 Å². The molecule has 1 heterocycles. The van der Waals surface area contributed by atoms with Crippen LogP contribution in [0.5, 0.6) is 0 Å². The van der Waals surface area contributed by atoms with Crippen LogP contribution in [0.15, 0.2) is 0 Å². The van der Waals surface area contributed by atoms with Crippen molar-refractivity contribution >= 4 is 26.4 Å². The normalized spacial score (nSPS) is 24.2. The third-order valence-electron chi connectivity index (χ3n) is 1.50. The van der Waals surface area contributed by atoms with Crippen LogP contribution in [0, 0.1) is 5.41 Å². The maximum Gasteiger partial charge on any atom is 0.200 e. The molecule has 0 aromatic rings. The lowest BCUT2D eigenvalue weighted by Gasteiger charge is -2.35. The lowest BCUT2D eigenvalue weighted by molar-refractivity contribution is -0.119. The molecule has 1 aliphatic heterocycles. The van der Waals surface area contributed by atoms with Gasteiger partial charge in [0.2, 0.25) is 3.79 Å². The van der Waals surface area contributed by atoms with Crippen molar-refractivity contribution in [1.29, 1.82) is 0 Å². The van der Waals surface area contributed by atoms with Gasteiger partial charge < -0.3 is 5.32 Å². The van der Waals surface area contributed by atoms with Gasteiger partial charge in [-0.3, -0.25) is 4.79 Å². The van der Waals surface area contributed by atoms with Gasteiger partial charge in [-0.2, -0.15) is 0 Å². The van der Waals surface area contributed by atoms with E-state index in [2.05, 4.69) is 5.32 Å². The Kier molecular flexibility index (Phi) is 1.58. The smallest absolute Gasteiger partial charge is 0.200 e. The number of hydrogen-bond donors (Lipinski definition) is 1. The van der Waals surface area contributed by atoms with E-state index < -0.39 is 0 Å². The number of hydrogen-bond acceptors (Lipinski definition) is 2. The first kappa shape index (κ1) is 6.48. The molecule has 0 atom stereocenters. The predicted octanol–water partition coefficient (Wildman–Crippen LogP) is 0.557. The molecule has 0 bridgehead atoms. The fourth-order valence-corrected chi connectivity index (χ4v) is 1.02. The molecule has 0 unspecified atom stereocenters. The Balaban J connectivity index is 2.53. The lowest BCUT2D eigenvalue weighted by Crippen LogP contribution is -2.54. The second-order valence-electron chi connectivity index (χ2n) is 2.44. The summed E-state index contributed by atoms with van der Waals surface area (Å²) in [5.74, 6) is 0. The van der Waals surface area contributed by atoms with Crippen molar-refractivity contribution in [1.82, 2.24) is 5.32 Å². The quantitative estimate of drug-likeness (QED) is 0.521. The van der Waals surface area contributed by atoms with Crippen LogP contribution in [-0.4, -0.2) is 16.9 Å². The Labute approximate surface area is 62.2 Å². The molecule has 0 aromatic carbocycles. The van der Waals surface area contributed by atoms with Crippen molar-refractivity contribution in [3.63, 3.8) is 0 Å². The number of carbonyl (C=O) groups is 1. The highest BCUT2D eigenvalue weighted by molar-refractivity contribution is 14.1. The Morgan fingerprint density at radius 2 is 2.25 bits per heavy atom. The highest BCUT2D eigenvalue weighted by atomic mass is 127. The molecule has 1 aliphatic rings. The summed E-state index contributed by atoms with van der Waals surface area (Å²) in [6.45, 7) is 3.70. The van der Waals surface area contributed by atoms with Crippen LogP contribution in [0.4, 0.5) is 0 Å². The largest absolute Gasteiger partial charge is 0.315 e. The highest BCUT2D eigenvalue weighted by Crippen LogP contribution is 2.25. The fourth-order valence-electron chi connectivity index (χ4n) is 0.639. The van der Waals surface area contributed by atoms with E-state index in [9.17, 15) is 4.79 Å². The minimum Gasteiger partial charge on any atom is -0.315 e. The van der Waals surface area contributed by atoms with Gasteiger partial charge in [0.25, 0.3) is 0 Å². The summed E-state index contributed by atoms with van der Waals surface area (Å²) >= 11 is 1.86. The van der Waals surface area contributed by atoms with Crippen LogP contribution in [-0.2, 0) is 4.79 Å². The summed E-state index contributed by atoms with van der Waals surface area (Å²) in [4.78, 5) is 10.7. The van der Waals surface area contributed by atoms with Crippen LogP contribution in [0.25, 0.3) is 0 Å². The Morgan fingerprint density at radius 1 is 1.75 bits per heavy atom. The van der Waals surface area contributed by atoms with Crippen molar-refractivity contribution in [3.05, 3.63) is 0 Å². The van der Waals surface area contributed by atoms with E-state index in [-0.39, 0.29) is 9.20 Å². The molecule has 46 valence electrons. The number of nitrogens with one attached hydrogen (secondary N) is 1. The first-order valence-corrected chi connectivity index (χ1v) is 3.64. The minimum absolute atomic E-state index is 0.0411.